The molecule has 0 spiro atoms. The van der Waals surface area contributed by atoms with Crippen LogP contribution < -0.4 is 10.5 Å². The smallest absolute Gasteiger partial charge is 0.170 e. The van der Waals surface area contributed by atoms with Crippen LogP contribution in [0.15, 0.2) is 41.6 Å². The van der Waals surface area contributed by atoms with E-state index in [1.165, 1.54) is 12.1 Å². The first-order chi connectivity index (χ1) is 10.0. The summed E-state index contributed by atoms with van der Waals surface area (Å²) in [5.74, 6) is -0.763. The standard InChI is InChI=1S/C14H11Cl2FN2O2/c15-10-3-1-9(11(16)6-10)7-21-13-4-2-8(5-12(13)17)14(18)19-20/h1-6,20H,7H2,(H2,18,19). The van der Waals surface area contributed by atoms with E-state index in [-0.39, 0.29) is 23.8 Å². The maximum atomic E-state index is 13.8. The van der Waals surface area contributed by atoms with Gasteiger partial charge < -0.3 is 15.7 Å². The molecule has 0 saturated carbocycles. The fraction of sp³-hybridized carbons (Fsp3) is 0.0714. The van der Waals surface area contributed by atoms with E-state index in [4.69, 9.17) is 38.9 Å². The van der Waals surface area contributed by atoms with E-state index in [1.807, 2.05) is 0 Å². The Morgan fingerprint density at radius 3 is 2.62 bits per heavy atom. The third-order valence-corrected chi connectivity index (χ3v) is 3.32. The Labute approximate surface area is 130 Å². The first-order valence-corrected chi connectivity index (χ1v) is 6.61. The van der Waals surface area contributed by atoms with Crippen molar-refractivity contribution in [2.75, 3.05) is 0 Å². The van der Waals surface area contributed by atoms with Crippen LogP contribution in [0, 0.1) is 5.82 Å². The van der Waals surface area contributed by atoms with E-state index in [2.05, 4.69) is 5.16 Å². The molecule has 0 radical (unpaired) electrons. The maximum absolute atomic E-state index is 13.8. The number of hydrogen-bond donors (Lipinski definition) is 2. The van der Waals surface area contributed by atoms with Crippen LogP contribution in [0.2, 0.25) is 10.0 Å². The average Bonchev–Trinajstić information content (AvgIpc) is 2.46. The van der Waals surface area contributed by atoms with Crippen LogP contribution in [0.5, 0.6) is 5.75 Å². The lowest BCUT2D eigenvalue weighted by molar-refractivity contribution is 0.290. The predicted octanol–water partition coefficient (Wildman–Crippen LogP) is 3.81. The largest absolute Gasteiger partial charge is 0.486 e. The lowest BCUT2D eigenvalue weighted by atomic mass is 10.2. The molecule has 3 N–H and O–H groups in total. The quantitative estimate of drug-likeness (QED) is 0.388. The molecular formula is C14H11Cl2FN2O2. The van der Waals surface area contributed by atoms with Crippen LogP contribution in [0.4, 0.5) is 4.39 Å². The van der Waals surface area contributed by atoms with Gasteiger partial charge in [0.15, 0.2) is 17.4 Å². The minimum absolute atomic E-state index is 0.0375. The molecule has 0 saturated heterocycles. The van der Waals surface area contributed by atoms with Gasteiger partial charge in [-0.15, -0.1) is 0 Å². The summed E-state index contributed by atoms with van der Waals surface area (Å²) < 4.78 is 19.2. The number of amidine groups is 1. The van der Waals surface area contributed by atoms with Gasteiger partial charge in [-0.1, -0.05) is 34.4 Å². The zero-order valence-electron chi connectivity index (χ0n) is 10.7. The summed E-state index contributed by atoms with van der Waals surface area (Å²) in [5, 5.41) is 12.3. The van der Waals surface area contributed by atoms with Gasteiger partial charge in [-0.3, -0.25) is 0 Å². The SMILES string of the molecule is N/C(=N/O)c1ccc(OCc2ccc(Cl)cc2Cl)c(F)c1. The molecule has 110 valence electrons. The van der Waals surface area contributed by atoms with Crippen molar-refractivity contribution < 1.29 is 14.3 Å². The number of nitrogens with two attached hydrogens (primary N) is 1. The Morgan fingerprint density at radius 2 is 2.00 bits per heavy atom. The molecule has 2 aromatic carbocycles. The van der Waals surface area contributed by atoms with Gasteiger partial charge in [0.2, 0.25) is 0 Å². The molecule has 7 heteroatoms. The highest BCUT2D eigenvalue weighted by Crippen LogP contribution is 2.24. The van der Waals surface area contributed by atoms with Gasteiger partial charge in [0.05, 0.1) is 0 Å². The number of oxime groups is 1. The number of ether oxygens (including phenoxy) is 1. The van der Waals surface area contributed by atoms with E-state index >= 15 is 0 Å². The van der Waals surface area contributed by atoms with Crippen LogP contribution in [-0.2, 0) is 6.61 Å². The summed E-state index contributed by atoms with van der Waals surface area (Å²) in [5.41, 5.74) is 6.31. The van der Waals surface area contributed by atoms with Crippen molar-refractivity contribution in [2.24, 2.45) is 10.9 Å². The van der Waals surface area contributed by atoms with E-state index in [1.54, 1.807) is 18.2 Å². The molecule has 21 heavy (non-hydrogen) atoms. The molecule has 0 amide bonds. The van der Waals surface area contributed by atoms with Crippen LogP contribution in [-0.4, -0.2) is 11.0 Å². The van der Waals surface area contributed by atoms with Gasteiger partial charge in [0.25, 0.3) is 0 Å². The van der Waals surface area contributed by atoms with E-state index in [9.17, 15) is 4.39 Å². The van der Waals surface area contributed by atoms with Gasteiger partial charge in [-0.25, -0.2) is 4.39 Å². The van der Waals surface area contributed by atoms with Gasteiger partial charge in [0, 0.05) is 21.2 Å². The molecule has 0 aliphatic rings. The normalized spacial score (nSPS) is 11.5. The zero-order chi connectivity index (χ0) is 15.4. The van der Waals surface area contributed by atoms with Crippen LogP contribution >= 0.6 is 23.2 Å². The molecule has 2 aromatic rings. The minimum atomic E-state index is -0.621. The summed E-state index contributed by atoms with van der Waals surface area (Å²) in [6.45, 7) is 0.0931. The molecule has 0 fully saturated rings. The number of hydrogen-bond acceptors (Lipinski definition) is 3. The van der Waals surface area contributed by atoms with Crippen molar-refractivity contribution in [1.29, 1.82) is 0 Å². The fourth-order valence-electron chi connectivity index (χ4n) is 1.63. The Hall–Kier alpha value is -1.98. The summed E-state index contributed by atoms with van der Waals surface area (Å²) >= 11 is 11.8. The highest BCUT2D eigenvalue weighted by atomic mass is 35.5. The van der Waals surface area contributed by atoms with Crippen molar-refractivity contribution in [1.82, 2.24) is 0 Å². The second-order valence-corrected chi connectivity index (χ2v) is 5.00. The molecule has 0 aliphatic heterocycles. The predicted molar refractivity (Wildman–Crippen MR) is 79.7 cm³/mol. The highest BCUT2D eigenvalue weighted by Gasteiger charge is 2.09. The summed E-state index contributed by atoms with van der Waals surface area (Å²) in [7, 11) is 0. The van der Waals surface area contributed by atoms with Crippen molar-refractivity contribution in [3.8, 4) is 5.75 Å². The fourth-order valence-corrected chi connectivity index (χ4v) is 2.09. The Bertz CT molecular complexity index is 693. The van der Waals surface area contributed by atoms with E-state index in [0.29, 0.717) is 15.6 Å². The molecule has 2 rings (SSSR count). The zero-order valence-corrected chi connectivity index (χ0v) is 12.2. The second kappa shape index (κ2) is 6.65. The van der Waals surface area contributed by atoms with Crippen molar-refractivity contribution in [3.63, 3.8) is 0 Å². The van der Waals surface area contributed by atoms with Crippen LogP contribution in [0.3, 0.4) is 0 Å². The second-order valence-electron chi connectivity index (χ2n) is 4.15. The molecule has 0 aliphatic carbocycles. The Balaban J connectivity index is 2.13. The van der Waals surface area contributed by atoms with E-state index < -0.39 is 5.82 Å². The molecule has 0 atom stereocenters. The van der Waals surface area contributed by atoms with Crippen molar-refractivity contribution in [3.05, 3.63) is 63.4 Å². The number of halogens is 3. The third-order valence-electron chi connectivity index (χ3n) is 2.73. The Kier molecular flexibility index (Phi) is 4.88. The number of rotatable bonds is 4. The first-order valence-electron chi connectivity index (χ1n) is 5.85. The third kappa shape index (κ3) is 3.77. The summed E-state index contributed by atoms with van der Waals surface area (Å²) in [6, 6.07) is 8.95. The molecule has 0 heterocycles. The Morgan fingerprint density at radius 1 is 1.24 bits per heavy atom. The molecule has 0 bridgehead atoms. The van der Waals surface area contributed by atoms with Gasteiger partial charge in [-0.2, -0.15) is 0 Å². The first kappa shape index (κ1) is 15.4. The van der Waals surface area contributed by atoms with E-state index in [0.717, 1.165) is 6.07 Å². The van der Waals surface area contributed by atoms with Gasteiger partial charge >= 0.3 is 0 Å². The lowest BCUT2D eigenvalue weighted by Gasteiger charge is -2.10. The van der Waals surface area contributed by atoms with Gasteiger partial charge in [-0.05, 0) is 30.3 Å². The topological polar surface area (TPSA) is 67.8 Å². The molecular weight excluding hydrogens is 318 g/mol. The molecule has 0 unspecified atom stereocenters. The van der Waals surface area contributed by atoms with Crippen LogP contribution in [0.1, 0.15) is 11.1 Å². The van der Waals surface area contributed by atoms with Crippen molar-refractivity contribution >= 4 is 29.0 Å². The molecule has 4 nitrogen and oxygen atoms in total. The van der Waals surface area contributed by atoms with Crippen LogP contribution in [0.25, 0.3) is 0 Å². The van der Waals surface area contributed by atoms with Gasteiger partial charge in [0.1, 0.15) is 6.61 Å². The molecule has 0 aromatic heterocycles. The maximum Gasteiger partial charge on any atom is 0.170 e. The summed E-state index contributed by atoms with van der Waals surface area (Å²) in [4.78, 5) is 0. The number of benzene rings is 2. The average molecular weight is 329 g/mol. The minimum Gasteiger partial charge on any atom is -0.486 e. The lowest BCUT2D eigenvalue weighted by Crippen LogP contribution is -2.13. The monoisotopic (exact) mass is 328 g/mol. The number of nitrogens with zero attached hydrogens (tertiary/aromatic N) is 1. The highest BCUT2D eigenvalue weighted by molar-refractivity contribution is 6.35. The summed E-state index contributed by atoms with van der Waals surface area (Å²) in [6.07, 6.45) is 0. The van der Waals surface area contributed by atoms with Crippen molar-refractivity contribution in [2.45, 2.75) is 6.61 Å².